The van der Waals surface area contributed by atoms with Crippen molar-refractivity contribution in [2.24, 2.45) is 5.73 Å². The summed E-state index contributed by atoms with van der Waals surface area (Å²) in [5, 5.41) is 2.40. The molecule has 0 aromatic heterocycles. The Morgan fingerprint density at radius 3 is 2.81 bits per heavy atom. The van der Waals surface area contributed by atoms with Crippen LogP contribution in [0.4, 0.5) is 0 Å². The first-order chi connectivity index (χ1) is 10.2. The number of nitrogens with two attached hydrogens (primary N) is 1. The Kier molecular flexibility index (Phi) is 3.93. The van der Waals surface area contributed by atoms with Gasteiger partial charge in [0.05, 0.1) is 5.92 Å². The van der Waals surface area contributed by atoms with E-state index >= 15 is 0 Å². The lowest BCUT2D eigenvalue weighted by Crippen LogP contribution is -2.41. The summed E-state index contributed by atoms with van der Waals surface area (Å²) in [6.07, 6.45) is 2.10. The highest BCUT2D eigenvalue weighted by molar-refractivity contribution is 5.88. The summed E-state index contributed by atoms with van der Waals surface area (Å²) in [5.74, 6) is 0.0972. The van der Waals surface area contributed by atoms with Gasteiger partial charge in [0, 0.05) is 19.1 Å². The molecule has 2 aromatic rings. The highest BCUT2D eigenvalue weighted by Gasteiger charge is 2.30. The molecule has 1 fully saturated rings. The van der Waals surface area contributed by atoms with Gasteiger partial charge in [0.15, 0.2) is 0 Å². The average molecular weight is 282 g/mol. The van der Waals surface area contributed by atoms with Gasteiger partial charge in [-0.3, -0.25) is 4.79 Å². The molecule has 1 aliphatic heterocycles. The van der Waals surface area contributed by atoms with Gasteiger partial charge in [0.25, 0.3) is 0 Å². The van der Waals surface area contributed by atoms with Crippen molar-refractivity contribution in [3.63, 3.8) is 0 Å². The minimum absolute atomic E-state index is 0.109. The van der Waals surface area contributed by atoms with Crippen LogP contribution in [0.2, 0.25) is 0 Å². The van der Waals surface area contributed by atoms with Crippen LogP contribution in [0.1, 0.15) is 31.2 Å². The molecule has 1 amide bonds. The fourth-order valence-corrected chi connectivity index (χ4v) is 3.24. The molecule has 3 heteroatoms. The Balaban J connectivity index is 1.85. The van der Waals surface area contributed by atoms with E-state index in [1.165, 1.54) is 10.8 Å². The summed E-state index contributed by atoms with van der Waals surface area (Å²) in [6, 6.07) is 14.8. The quantitative estimate of drug-likeness (QED) is 0.941. The van der Waals surface area contributed by atoms with Crippen LogP contribution < -0.4 is 5.73 Å². The summed E-state index contributed by atoms with van der Waals surface area (Å²) < 4.78 is 0. The van der Waals surface area contributed by atoms with Crippen molar-refractivity contribution in [1.82, 2.24) is 4.90 Å². The highest BCUT2D eigenvalue weighted by atomic mass is 16.2. The van der Waals surface area contributed by atoms with Crippen molar-refractivity contribution in [3.8, 4) is 0 Å². The lowest BCUT2D eigenvalue weighted by Gasteiger charge is -2.27. The van der Waals surface area contributed by atoms with Crippen LogP contribution in [-0.4, -0.2) is 29.9 Å². The zero-order valence-corrected chi connectivity index (χ0v) is 12.5. The summed E-state index contributed by atoms with van der Waals surface area (Å²) in [7, 11) is 0. The fourth-order valence-electron chi connectivity index (χ4n) is 3.24. The van der Waals surface area contributed by atoms with Crippen molar-refractivity contribution in [1.29, 1.82) is 0 Å². The molecule has 3 nitrogen and oxygen atoms in total. The molecule has 0 bridgehead atoms. The van der Waals surface area contributed by atoms with Gasteiger partial charge in [-0.15, -0.1) is 0 Å². The Morgan fingerprint density at radius 2 is 2.05 bits per heavy atom. The van der Waals surface area contributed by atoms with E-state index in [1.807, 2.05) is 24.0 Å². The molecule has 2 unspecified atom stereocenters. The van der Waals surface area contributed by atoms with Crippen molar-refractivity contribution >= 4 is 16.7 Å². The van der Waals surface area contributed by atoms with Crippen molar-refractivity contribution in [3.05, 3.63) is 48.0 Å². The maximum Gasteiger partial charge on any atom is 0.230 e. The number of likely N-dealkylation sites (tertiary alicyclic amines) is 1. The summed E-state index contributed by atoms with van der Waals surface area (Å²) in [4.78, 5) is 14.7. The molecule has 0 radical (unpaired) electrons. The normalized spacial score (nSPS) is 19.9. The monoisotopic (exact) mass is 282 g/mol. The molecule has 2 aromatic carbocycles. The van der Waals surface area contributed by atoms with Crippen LogP contribution in [0.15, 0.2) is 42.5 Å². The second-order valence-electron chi connectivity index (χ2n) is 5.89. The van der Waals surface area contributed by atoms with Gasteiger partial charge in [-0.05, 0) is 36.1 Å². The molecular weight excluding hydrogens is 260 g/mol. The summed E-state index contributed by atoms with van der Waals surface area (Å²) in [6.45, 7) is 3.41. The number of carbonyl (C=O) groups is 1. The molecule has 0 spiro atoms. The number of benzene rings is 2. The zero-order valence-electron chi connectivity index (χ0n) is 12.5. The molecule has 21 heavy (non-hydrogen) atoms. The zero-order chi connectivity index (χ0) is 14.8. The molecule has 2 N–H and O–H groups in total. The van der Waals surface area contributed by atoms with E-state index in [9.17, 15) is 4.79 Å². The first-order valence-corrected chi connectivity index (χ1v) is 7.70. The Morgan fingerprint density at radius 1 is 1.29 bits per heavy atom. The number of fused-ring (bicyclic) bond motifs is 1. The number of carbonyl (C=O) groups excluding carboxylic acids is 1. The van der Waals surface area contributed by atoms with Gasteiger partial charge in [0.2, 0.25) is 5.91 Å². The maximum atomic E-state index is 12.7. The van der Waals surface area contributed by atoms with Crippen molar-refractivity contribution < 1.29 is 4.79 Å². The largest absolute Gasteiger partial charge is 0.338 e. The molecule has 110 valence electrons. The third-order valence-corrected chi connectivity index (χ3v) is 4.58. The van der Waals surface area contributed by atoms with Gasteiger partial charge in [-0.2, -0.15) is 0 Å². The molecule has 0 aliphatic carbocycles. The molecule has 0 saturated carbocycles. The van der Waals surface area contributed by atoms with Crippen molar-refractivity contribution in [2.45, 2.75) is 31.7 Å². The van der Waals surface area contributed by atoms with E-state index in [0.717, 1.165) is 24.9 Å². The molecular formula is C18H22N2O. The lowest BCUT2D eigenvalue weighted by atomic mass is 9.96. The number of amides is 1. The minimum atomic E-state index is -0.109. The van der Waals surface area contributed by atoms with Gasteiger partial charge < -0.3 is 10.6 Å². The predicted molar refractivity (Wildman–Crippen MR) is 86.2 cm³/mol. The number of hydrogen-bond acceptors (Lipinski definition) is 2. The van der Waals surface area contributed by atoms with E-state index in [-0.39, 0.29) is 17.9 Å². The topological polar surface area (TPSA) is 46.3 Å². The second-order valence-corrected chi connectivity index (χ2v) is 5.89. The third kappa shape index (κ3) is 2.66. The highest BCUT2D eigenvalue weighted by Crippen LogP contribution is 2.26. The fraction of sp³-hybridized carbons (Fsp3) is 0.389. The Bertz CT molecular complexity index is 652. The molecule has 3 rings (SSSR count). The van der Waals surface area contributed by atoms with Crippen LogP contribution in [0.25, 0.3) is 10.8 Å². The standard InChI is InChI=1S/C18H22N2O/c1-13(18(21)20-10-4-7-17(20)12-19)15-9-8-14-5-2-3-6-16(14)11-15/h2-3,5-6,8-9,11,13,17H,4,7,10,12,19H2,1H3. The van der Waals surface area contributed by atoms with Gasteiger partial charge >= 0.3 is 0 Å². The average Bonchev–Trinajstić information content (AvgIpc) is 3.01. The van der Waals surface area contributed by atoms with Gasteiger partial charge in [-0.25, -0.2) is 0 Å². The van der Waals surface area contributed by atoms with Crippen molar-refractivity contribution in [2.75, 3.05) is 13.1 Å². The maximum absolute atomic E-state index is 12.7. The Hall–Kier alpha value is -1.87. The molecule has 1 heterocycles. The van der Waals surface area contributed by atoms with E-state index in [0.29, 0.717) is 6.54 Å². The number of rotatable bonds is 3. The van der Waals surface area contributed by atoms with Gasteiger partial charge in [0.1, 0.15) is 0 Å². The minimum Gasteiger partial charge on any atom is -0.338 e. The second kappa shape index (κ2) is 5.86. The first-order valence-electron chi connectivity index (χ1n) is 7.70. The van der Waals surface area contributed by atoms with E-state index in [1.54, 1.807) is 0 Å². The van der Waals surface area contributed by atoms with E-state index < -0.39 is 0 Å². The smallest absolute Gasteiger partial charge is 0.230 e. The number of hydrogen-bond donors (Lipinski definition) is 1. The van der Waals surface area contributed by atoms with E-state index in [4.69, 9.17) is 5.73 Å². The Labute approximate surface area is 125 Å². The molecule has 1 saturated heterocycles. The summed E-state index contributed by atoms with van der Waals surface area (Å²) in [5.41, 5.74) is 6.87. The van der Waals surface area contributed by atoms with Crippen LogP contribution in [-0.2, 0) is 4.79 Å². The predicted octanol–water partition coefficient (Wildman–Crippen LogP) is 2.89. The first kappa shape index (κ1) is 14.1. The van der Waals surface area contributed by atoms with Gasteiger partial charge in [-0.1, -0.05) is 42.5 Å². The number of nitrogens with zero attached hydrogens (tertiary/aromatic N) is 1. The lowest BCUT2D eigenvalue weighted by molar-refractivity contribution is -0.133. The van der Waals surface area contributed by atoms with Crippen LogP contribution in [0, 0.1) is 0 Å². The summed E-state index contributed by atoms with van der Waals surface area (Å²) >= 11 is 0. The molecule has 2 atom stereocenters. The van der Waals surface area contributed by atoms with Crippen LogP contribution in [0.3, 0.4) is 0 Å². The van der Waals surface area contributed by atoms with E-state index in [2.05, 4.69) is 30.3 Å². The van der Waals surface area contributed by atoms with Crippen LogP contribution >= 0.6 is 0 Å². The van der Waals surface area contributed by atoms with Crippen LogP contribution in [0.5, 0.6) is 0 Å². The molecule has 1 aliphatic rings. The SMILES string of the molecule is CC(C(=O)N1CCCC1CN)c1ccc2ccccc2c1. The third-order valence-electron chi connectivity index (χ3n) is 4.58.